The van der Waals surface area contributed by atoms with Gasteiger partial charge in [0, 0.05) is 32.9 Å². The van der Waals surface area contributed by atoms with Crippen LogP contribution in [0.2, 0.25) is 0 Å². The van der Waals surface area contributed by atoms with Crippen LogP contribution >= 0.6 is 0 Å². The summed E-state index contributed by atoms with van der Waals surface area (Å²) in [5.74, 6) is 3.32. The highest BCUT2D eigenvalue weighted by Crippen LogP contribution is 2.50. The molecule has 4 atom stereocenters. The van der Waals surface area contributed by atoms with Crippen molar-refractivity contribution in [2.75, 3.05) is 0 Å². The van der Waals surface area contributed by atoms with Crippen molar-refractivity contribution >= 4 is 43.6 Å². The van der Waals surface area contributed by atoms with Crippen molar-refractivity contribution in [3.8, 4) is 11.4 Å². The number of para-hydroxylation sites is 3. The molecule has 2 heterocycles. The quantitative estimate of drug-likeness (QED) is 0.209. The fourth-order valence-corrected chi connectivity index (χ4v) is 9.11. The first-order chi connectivity index (χ1) is 20.8. The molecule has 0 amide bonds. The Morgan fingerprint density at radius 1 is 0.524 bits per heavy atom. The summed E-state index contributed by atoms with van der Waals surface area (Å²) in [4.78, 5) is 0. The summed E-state index contributed by atoms with van der Waals surface area (Å²) in [6.07, 6.45) is 7.13. The van der Waals surface area contributed by atoms with Gasteiger partial charge in [-0.1, -0.05) is 86.5 Å². The number of aromatic nitrogens is 2. The first-order valence-electron chi connectivity index (χ1n) is 15.9. The molecule has 0 N–H and O–H groups in total. The summed E-state index contributed by atoms with van der Waals surface area (Å²) >= 11 is 0. The summed E-state index contributed by atoms with van der Waals surface area (Å²) in [6.45, 7) is 2.51. The lowest BCUT2D eigenvalue weighted by molar-refractivity contribution is 0.116. The van der Waals surface area contributed by atoms with Crippen molar-refractivity contribution in [3.63, 3.8) is 0 Å². The predicted molar refractivity (Wildman–Crippen MR) is 177 cm³/mol. The second-order valence-corrected chi connectivity index (χ2v) is 13.0. The predicted octanol–water partition coefficient (Wildman–Crippen LogP) is 10.8. The first-order valence-corrected chi connectivity index (χ1v) is 15.9. The Kier molecular flexibility index (Phi) is 5.42. The second kappa shape index (κ2) is 9.36. The molecule has 7 aromatic rings. The van der Waals surface area contributed by atoms with E-state index < -0.39 is 0 Å². The number of hydrogen-bond acceptors (Lipinski definition) is 0. The lowest BCUT2D eigenvalue weighted by Gasteiger charge is -2.44. The standard InChI is InChI=1S/C40H36N2/c1-26-24-27-10-9-11-29(25-27)38(26)28-18-20-31(21-19-28)42-35-17-8-6-15-33(35)40-37(42)23-22-36-39(40)32-14-5-7-16-34(32)41(36)30-12-3-2-4-13-30/h2-8,12-23,26-27,29,38H,9-11,24-25H2,1H3. The van der Waals surface area contributed by atoms with Crippen LogP contribution in [0.5, 0.6) is 0 Å². The van der Waals surface area contributed by atoms with Gasteiger partial charge < -0.3 is 9.13 Å². The molecule has 2 aliphatic carbocycles. The zero-order valence-corrected chi connectivity index (χ0v) is 24.2. The molecule has 0 saturated heterocycles. The van der Waals surface area contributed by atoms with E-state index in [0.29, 0.717) is 5.92 Å². The lowest BCUT2D eigenvalue weighted by atomic mass is 9.61. The van der Waals surface area contributed by atoms with Crippen molar-refractivity contribution in [1.82, 2.24) is 9.13 Å². The number of benzene rings is 5. The Morgan fingerprint density at radius 2 is 1.10 bits per heavy atom. The maximum Gasteiger partial charge on any atom is 0.0548 e. The third-order valence-electron chi connectivity index (χ3n) is 10.7. The van der Waals surface area contributed by atoms with Gasteiger partial charge in [0.05, 0.1) is 22.1 Å². The molecule has 2 fully saturated rings. The van der Waals surface area contributed by atoms with E-state index in [9.17, 15) is 0 Å². The highest BCUT2D eigenvalue weighted by Gasteiger charge is 2.38. The largest absolute Gasteiger partial charge is 0.309 e. The normalized spacial score (nSPS) is 22.4. The average Bonchev–Trinajstić information content (AvgIpc) is 3.55. The molecule has 2 aliphatic rings. The Balaban J connectivity index is 1.26. The minimum Gasteiger partial charge on any atom is -0.309 e. The summed E-state index contributed by atoms with van der Waals surface area (Å²) in [5.41, 5.74) is 9.04. The number of rotatable bonds is 3. The van der Waals surface area contributed by atoms with Gasteiger partial charge in [0.1, 0.15) is 0 Å². The molecular weight excluding hydrogens is 508 g/mol. The summed E-state index contributed by atoms with van der Waals surface area (Å²) in [6, 6.07) is 43.0. The lowest BCUT2D eigenvalue weighted by Crippen LogP contribution is -2.32. The van der Waals surface area contributed by atoms with Crippen LogP contribution in [-0.4, -0.2) is 9.13 Å². The van der Waals surface area contributed by atoms with Gasteiger partial charge >= 0.3 is 0 Å². The topological polar surface area (TPSA) is 9.86 Å². The van der Waals surface area contributed by atoms with Crippen LogP contribution in [0.3, 0.4) is 0 Å². The molecule has 0 spiro atoms. The molecule has 2 bridgehead atoms. The number of hydrogen-bond donors (Lipinski definition) is 0. The molecule has 2 nitrogen and oxygen atoms in total. The maximum atomic E-state index is 2.51. The molecule has 206 valence electrons. The molecule has 4 unspecified atom stereocenters. The van der Waals surface area contributed by atoms with Crippen LogP contribution in [0.4, 0.5) is 0 Å². The fraction of sp³-hybridized carbons (Fsp3) is 0.250. The molecule has 42 heavy (non-hydrogen) atoms. The maximum absolute atomic E-state index is 2.51. The molecule has 0 radical (unpaired) electrons. The van der Waals surface area contributed by atoms with Crippen LogP contribution in [0, 0.1) is 17.8 Å². The molecule has 0 aliphatic heterocycles. The zero-order valence-electron chi connectivity index (χ0n) is 24.2. The van der Waals surface area contributed by atoms with E-state index in [1.54, 1.807) is 5.56 Å². The Bertz CT molecular complexity index is 2090. The van der Waals surface area contributed by atoms with Gasteiger partial charge in [-0.15, -0.1) is 0 Å². The van der Waals surface area contributed by atoms with Gasteiger partial charge in [-0.05, 0) is 97.0 Å². The van der Waals surface area contributed by atoms with Crippen molar-refractivity contribution in [1.29, 1.82) is 0 Å². The van der Waals surface area contributed by atoms with E-state index in [-0.39, 0.29) is 0 Å². The van der Waals surface area contributed by atoms with Gasteiger partial charge in [-0.2, -0.15) is 0 Å². The SMILES string of the molecule is CC1CC2CCCC(C2)C1c1ccc(-n2c3ccccc3c3c4c5ccccc5n(-c5ccccc5)c4ccc32)cc1. The van der Waals surface area contributed by atoms with E-state index in [1.165, 1.54) is 87.1 Å². The molecule has 2 heteroatoms. The van der Waals surface area contributed by atoms with E-state index >= 15 is 0 Å². The van der Waals surface area contributed by atoms with E-state index in [1.807, 2.05) is 0 Å². The first kappa shape index (κ1) is 24.3. The van der Waals surface area contributed by atoms with Gasteiger partial charge in [0.15, 0.2) is 0 Å². The Labute approximate surface area is 247 Å². The van der Waals surface area contributed by atoms with Crippen LogP contribution in [0.25, 0.3) is 55.0 Å². The van der Waals surface area contributed by atoms with Crippen molar-refractivity contribution in [3.05, 3.63) is 121 Å². The molecule has 2 aromatic heterocycles. The summed E-state index contributed by atoms with van der Waals surface area (Å²) in [7, 11) is 0. The van der Waals surface area contributed by atoms with Gasteiger partial charge in [0.2, 0.25) is 0 Å². The molecule has 5 aromatic carbocycles. The van der Waals surface area contributed by atoms with Gasteiger partial charge in [-0.3, -0.25) is 0 Å². The van der Waals surface area contributed by atoms with Crippen LogP contribution < -0.4 is 0 Å². The van der Waals surface area contributed by atoms with Crippen molar-refractivity contribution in [2.45, 2.75) is 44.9 Å². The van der Waals surface area contributed by atoms with Gasteiger partial charge in [0.25, 0.3) is 0 Å². The van der Waals surface area contributed by atoms with E-state index in [4.69, 9.17) is 0 Å². The van der Waals surface area contributed by atoms with Crippen LogP contribution in [-0.2, 0) is 0 Å². The number of fused-ring (bicyclic) bond motifs is 9. The monoisotopic (exact) mass is 544 g/mol. The minimum atomic E-state index is 0.706. The van der Waals surface area contributed by atoms with Crippen molar-refractivity contribution < 1.29 is 0 Å². The summed E-state index contributed by atoms with van der Waals surface area (Å²) < 4.78 is 4.91. The third-order valence-corrected chi connectivity index (χ3v) is 10.7. The highest BCUT2D eigenvalue weighted by molar-refractivity contribution is 6.28. The fourth-order valence-electron chi connectivity index (χ4n) is 9.11. The third kappa shape index (κ3) is 3.51. The minimum absolute atomic E-state index is 0.706. The molecule has 9 rings (SSSR count). The number of nitrogens with zero attached hydrogens (tertiary/aromatic N) is 2. The molecule has 2 saturated carbocycles. The summed E-state index contributed by atoms with van der Waals surface area (Å²) in [5, 5.41) is 5.29. The smallest absolute Gasteiger partial charge is 0.0548 e. The van der Waals surface area contributed by atoms with Crippen LogP contribution in [0.1, 0.15) is 50.5 Å². The zero-order chi connectivity index (χ0) is 27.8. The Hall–Kier alpha value is -4.30. The average molecular weight is 545 g/mol. The van der Waals surface area contributed by atoms with E-state index in [0.717, 1.165) is 17.8 Å². The van der Waals surface area contributed by atoms with Gasteiger partial charge in [-0.25, -0.2) is 0 Å². The highest BCUT2D eigenvalue weighted by atomic mass is 15.0. The van der Waals surface area contributed by atoms with Crippen molar-refractivity contribution in [2.24, 2.45) is 17.8 Å². The Morgan fingerprint density at radius 3 is 1.74 bits per heavy atom. The molecular formula is C40H36N2. The van der Waals surface area contributed by atoms with E-state index in [2.05, 4.69) is 131 Å². The van der Waals surface area contributed by atoms with Crippen LogP contribution in [0.15, 0.2) is 115 Å². The second-order valence-electron chi connectivity index (χ2n) is 13.0.